The van der Waals surface area contributed by atoms with E-state index in [1.54, 1.807) is 11.3 Å². The Hall–Kier alpha value is -0.750. The van der Waals surface area contributed by atoms with Crippen LogP contribution in [-0.4, -0.2) is 4.98 Å². The van der Waals surface area contributed by atoms with Gasteiger partial charge in [-0.05, 0) is 62.0 Å². The molecule has 1 unspecified atom stereocenters. The highest BCUT2D eigenvalue weighted by molar-refractivity contribution is 9.13. The zero-order valence-electron chi connectivity index (χ0n) is 10.5. The zero-order valence-corrected chi connectivity index (χ0v) is 14.5. The Morgan fingerprint density at radius 1 is 1.20 bits per heavy atom. The van der Waals surface area contributed by atoms with Gasteiger partial charge in [0, 0.05) is 27.0 Å². The molecule has 2 N–H and O–H groups in total. The topological polar surface area (TPSA) is 38.9 Å². The van der Waals surface area contributed by atoms with E-state index in [9.17, 15) is 0 Å². The number of thiophene rings is 1. The van der Waals surface area contributed by atoms with E-state index in [1.165, 1.54) is 15.8 Å². The summed E-state index contributed by atoms with van der Waals surface area (Å²) in [6, 6.07) is 12.3. The van der Waals surface area contributed by atoms with Crippen LogP contribution >= 0.6 is 43.2 Å². The van der Waals surface area contributed by atoms with Gasteiger partial charge in [0.15, 0.2) is 0 Å². The number of halogens is 2. The first-order chi connectivity index (χ1) is 9.65. The summed E-state index contributed by atoms with van der Waals surface area (Å²) in [6.45, 7) is 0. The first kappa shape index (κ1) is 14.2. The molecule has 0 aliphatic heterocycles. The third-order valence-electron chi connectivity index (χ3n) is 3.21. The molecule has 0 saturated heterocycles. The number of nitrogens with zero attached hydrogens (tertiary/aromatic N) is 1. The second-order valence-corrected chi connectivity index (χ2v) is 7.82. The number of pyridine rings is 1. The van der Waals surface area contributed by atoms with Crippen LogP contribution in [0.15, 0.2) is 50.9 Å². The lowest BCUT2D eigenvalue weighted by Gasteiger charge is -2.11. The summed E-state index contributed by atoms with van der Waals surface area (Å²) in [5.74, 6) is 0. The van der Waals surface area contributed by atoms with E-state index in [0.29, 0.717) is 0 Å². The highest BCUT2D eigenvalue weighted by Crippen LogP contribution is 2.36. The summed E-state index contributed by atoms with van der Waals surface area (Å²) in [5, 5.41) is 1.18. The van der Waals surface area contributed by atoms with Crippen LogP contribution in [0.5, 0.6) is 0 Å². The van der Waals surface area contributed by atoms with Gasteiger partial charge in [0.25, 0.3) is 0 Å². The Labute approximate surface area is 138 Å². The average Bonchev–Trinajstić information content (AvgIpc) is 2.79. The Kier molecular flexibility index (Phi) is 4.21. The van der Waals surface area contributed by atoms with Crippen molar-refractivity contribution in [1.29, 1.82) is 0 Å². The minimum Gasteiger partial charge on any atom is -0.323 e. The van der Waals surface area contributed by atoms with Crippen LogP contribution in [0.3, 0.4) is 0 Å². The van der Waals surface area contributed by atoms with Crippen molar-refractivity contribution >= 4 is 54.1 Å². The summed E-state index contributed by atoms with van der Waals surface area (Å²) in [7, 11) is 0. The van der Waals surface area contributed by atoms with E-state index in [0.717, 1.165) is 20.2 Å². The molecule has 1 aromatic carbocycles. The van der Waals surface area contributed by atoms with Gasteiger partial charge >= 0.3 is 0 Å². The van der Waals surface area contributed by atoms with E-state index < -0.39 is 0 Å². The van der Waals surface area contributed by atoms with Crippen LogP contribution in [0.2, 0.25) is 0 Å². The van der Waals surface area contributed by atoms with Crippen molar-refractivity contribution in [3.8, 4) is 0 Å². The van der Waals surface area contributed by atoms with Crippen molar-refractivity contribution in [1.82, 2.24) is 4.98 Å². The molecule has 3 rings (SSSR count). The van der Waals surface area contributed by atoms with Crippen LogP contribution in [-0.2, 0) is 6.42 Å². The van der Waals surface area contributed by atoms with Crippen molar-refractivity contribution in [3.05, 3.63) is 61.3 Å². The van der Waals surface area contributed by atoms with E-state index in [2.05, 4.69) is 55.0 Å². The first-order valence-corrected chi connectivity index (χ1v) is 8.58. The maximum atomic E-state index is 6.35. The minimum atomic E-state index is -0.00611. The number of benzene rings is 1. The molecule has 0 aliphatic carbocycles. The Morgan fingerprint density at radius 3 is 2.75 bits per heavy atom. The van der Waals surface area contributed by atoms with E-state index in [1.807, 2.05) is 24.4 Å². The van der Waals surface area contributed by atoms with Crippen LogP contribution in [0, 0.1) is 0 Å². The minimum absolute atomic E-state index is 0.00611. The summed E-state index contributed by atoms with van der Waals surface area (Å²) >= 11 is 8.70. The zero-order chi connectivity index (χ0) is 14.1. The number of nitrogens with two attached hydrogens (primary N) is 1. The molecular weight excluding hydrogens is 400 g/mol. The molecule has 2 aromatic heterocycles. The third-order valence-corrected chi connectivity index (χ3v) is 6.60. The molecule has 1 atom stereocenters. The van der Waals surface area contributed by atoms with E-state index in [4.69, 9.17) is 5.73 Å². The van der Waals surface area contributed by atoms with Gasteiger partial charge in [0.1, 0.15) is 0 Å². The molecule has 0 fully saturated rings. The fourth-order valence-electron chi connectivity index (χ4n) is 2.22. The molecule has 2 heterocycles. The van der Waals surface area contributed by atoms with Gasteiger partial charge in [-0.1, -0.05) is 18.2 Å². The summed E-state index contributed by atoms with van der Waals surface area (Å²) in [4.78, 5) is 5.56. The lowest BCUT2D eigenvalue weighted by molar-refractivity contribution is 0.739. The maximum Gasteiger partial charge on any atom is 0.0843 e. The molecule has 2 nitrogen and oxygen atoms in total. The van der Waals surface area contributed by atoms with Crippen molar-refractivity contribution < 1.29 is 0 Å². The highest BCUT2D eigenvalue weighted by atomic mass is 79.9. The largest absolute Gasteiger partial charge is 0.323 e. The molecule has 0 amide bonds. The number of hydrogen-bond acceptors (Lipinski definition) is 3. The van der Waals surface area contributed by atoms with Crippen LogP contribution in [0.4, 0.5) is 0 Å². The molecule has 5 heteroatoms. The summed E-state index contributed by atoms with van der Waals surface area (Å²) < 4.78 is 2.15. The normalized spacial score (nSPS) is 12.8. The molecule has 102 valence electrons. The van der Waals surface area contributed by atoms with Crippen LogP contribution in [0.1, 0.15) is 16.5 Å². The summed E-state index contributed by atoms with van der Waals surface area (Å²) in [6.07, 6.45) is 2.66. The average molecular weight is 412 g/mol. The number of para-hydroxylation sites is 1. The molecule has 0 aliphatic rings. The standard InChI is InChI=1S/C15H12Br2N2S/c16-11-8-14(20-15(11)17)12(18)7-9-5-6-19-13-4-2-1-3-10(9)13/h1-6,8,12H,7,18H2. The fraction of sp³-hybridized carbons (Fsp3) is 0.133. The van der Waals surface area contributed by atoms with Crippen molar-refractivity contribution in [2.45, 2.75) is 12.5 Å². The molecule has 3 aromatic rings. The molecule has 0 spiro atoms. The second kappa shape index (κ2) is 5.93. The van der Waals surface area contributed by atoms with Crippen molar-refractivity contribution in [2.75, 3.05) is 0 Å². The second-order valence-electron chi connectivity index (χ2n) is 4.57. The molecule has 0 bridgehead atoms. The van der Waals surface area contributed by atoms with Gasteiger partial charge < -0.3 is 5.73 Å². The van der Waals surface area contributed by atoms with Gasteiger partial charge in [-0.3, -0.25) is 4.98 Å². The van der Waals surface area contributed by atoms with Gasteiger partial charge in [-0.15, -0.1) is 11.3 Å². The predicted molar refractivity (Wildman–Crippen MR) is 92.1 cm³/mol. The van der Waals surface area contributed by atoms with Crippen molar-refractivity contribution in [3.63, 3.8) is 0 Å². The number of hydrogen-bond donors (Lipinski definition) is 1. The maximum absolute atomic E-state index is 6.35. The lowest BCUT2D eigenvalue weighted by Crippen LogP contribution is -2.12. The van der Waals surface area contributed by atoms with Gasteiger partial charge in [-0.25, -0.2) is 0 Å². The van der Waals surface area contributed by atoms with Crippen LogP contribution in [0.25, 0.3) is 10.9 Å². The molecular formula is C15H12Br2N2S. The number of aromatic nitrogens is 1. The first-order valence-electron chi connectivity index (χ1n) is 6.18. The fourth-order valence-corrected chi connectivity index (χ4v) is 4.31. The molecule has 0 saturated carbocycles. The smallest absolute Gasteiger partial charge is 0.0843 e. The third kappa shape index (κ3) is 2.81. The van der Waals surface area contributed by atoms with Gasteiger partial charge in [0.05, 0.1) is 9.30 Å². The predicted octanol–water partition coefficient (Wildman–Crippen LogP) is 5.06. The Bertz CT molecular complexity index is 730. The number of fused-ring (bicyclic) bond motifs is 1. The molecule has 0 radical (unpaired) electrons. The van der Waals surface area contributed by atoms with E-state index in [-0.39, 0.29) is 6.04 Å². The van der Waals surface area contributed by atoms with Crippen molar-refractivity contribution in [2.24, 2.45) is 5.73 Å². The van der Waals surface area contributed by atoms with Gasteiger partial charge in [0.2, 0.25) is 0 Å². The Balaban J connectivity index is 1.93. The quantitative estimate of drug-likeness (QED) is 0.653. The summed E-state index contributed by atoms with van der Waals surface area (Å²) in [5.41, 5.74) is 8.61. The Morgan fingerprint density at radius 2 is 2.00 bits per heavy atom. The highest BCUT2D eigenvalue weighted by Gasteiger charge is 2.14. The van der Waals surface area contributed by atoms with Crippen LogP contribution < -0.4 is 5.73 Å². The number of rotatable bonds is 3. The van der Waals surface area contributed by atoms with Gasteiger partial charge in [-0.2, -0.15) is 0 Å². The van der Waals surface area contributed by atoms with E-state index >= 15 is 0 Å². The monoisotopic (exact) mass is 410 g/mol. The molecule has 20 heavy (non-hydrogen) atoms. The SMILES string of the molecule is NC(Cc1ccnc2ccccc12)c1cc(Br)c(Br)s1. The lowest BCUT2D eigenvalue weighted by atomic mass is 10.0.